The standard InChI is InChI=1S/C10H19NO4/c1-10(2,3)15-9(14)11-5-4-7(12)8(13)6-11/h7-8,12-13H,4-6H2,1-3H3. The Bertz CT molecular complexity index is 236. The van der Waals surface area contributed by atoms with Crippen LogP contribution in [0.5, 0.6) is 0 Å². The first-order chi connectivity index (χ1) is 6.79. The number of hydrogen-bond acceptors (Lipinski definition) is 4. The molecule has 1 aliphatic rings. The number of piperidine rings is 1. The number of likely N-dealkylation sites (tertiary alicyclic amines) is 1. The molecule has 88 valence electrons. The van der Waals surface area contributed by atoms with Crippen LogP contribution in [0.15, 0.2) is 0 Å². The van der Waals surface area contributed by atoms with Crippen molar-refractivity contribution < 1.29 is 19.7 Å². The molecule has 1 saturated heterocycles. The van der Waals surface area contributed by atoms with Crippen molar-refractivity contribution in [2.75, 3.05) is 13.1 Å². The van der Waals surface area contributed by atoms with E-state index in [2.05, 4.69) is 0 Å². The third-order valence-corrected chi connectivity index (χ3v) is 2.20. The molecule has 15 heavy (non-hydrogen) atoms. The lowest BCUT2D eigenvalue weighted by molar-refractivity contribution is -0.0468. The minimum Gasteiger partial charge on any atom is -0.444 e. The Kier molecular flexibility index (Phi) is 3.57. The Labute approximate surface area is 89.6 Å². The van der Waals surface area contributed by atoms with Gasteiger partial charge in [-0.05, 0) is 27.2 Å². The zero-order valence-electron chi connectivity index (χ0n) is 9.43. The average Bonchev–Trinajstić information content (AvgIpc) is 2.06. The molecule has 0 aromatic heterocycles. The van der Waals surface area contributed by atoms with E-state index in [4.69, 9.17) is 4.74 Å². The van der Waals surface area contributed by atoms with E-state index < -0.39 is 23.9 Å². The summed E-state index contributed by atoms with van der Waals surface area (Å²) in [6, 6.07) is 0. The Morgan fingerprint density at radius 1 is 1.33 bits per heavy atom. The Morgan fingerprint density at radius 2 is 1.93 bits per heavy atom. The van der Waals surface area contributed by atoms with Crippen molar-refractivity contribution in [2.24, 2.45) is 0 Å². The highest BCUT2D eigenvalue weighted by Gasteiger charge is 2.31. The van der Waals surface area contributed by atoms with Crippen LogP contribution >= 0.6 is 0 Å². The van der Waals surface area contributed by atoms with Gasteiger partial charge >= 0.3 is 6.09 Å². The number of nitrogens with zero attached hydrogens (tertiary/aromatic N) is 1. The fraction of sp³-hybridized carbons (Fsp3) is 0.900. The van der Waals surface area contributed by atoms with Gasteiger partial charge in [-0.1, -0.05) is 0 Å². The summed E-state index contributed by atoms with van der Waals surface area (Å²) in [4.78, 5) is 13.0. The van der Waals surface area contributed by atoms with Crippen molar-refractivity contribution in [3.63, 3.8) is 0 Å². The highest BCUT2D eigenvalue weighted by molar-refractivity contribution is 5.68. The molecule has 0 aliphatic carbocycles. The van der Waals surface area contributed by atoms with Crippen LogP contribution in [-0.4, -0.2) is 52.1 Å². The predicted octanol–water partition coefficient (Wildman–Crippen LogP) is 0.349. The van der Waals surface area contributed by atoms with Gasteiger partial charge in [0.2, 0.25) is 0 Å². The molecule has 0 bridgehead atoms. The van der Waals surface area contributed by atoms with Gasteiger partial charge in [0.1, 0.15) is 5.60 Å². The molecule has 5 nitrogen and oxygen atoms in total. The maximum absolute atomic E-state index is 11.6. The molecule has 1 fully saturated rings. The maximum atomic E-state index is 11.6. The van der Waals surface area contributed by atoms with Gasteiger partial charge in [-0.3, -0.25) is 0 Å². The molecule has 0 aromatic rings. The van der Waals surface area contributed by atoms with E-state index >= 15 is 0 Å². The minimum atomic E-state index is -0.869. The molecule has 2 unspecified atom stereocenters. The summed E-state index contributed by atoms with van der Waals surface area (Å²) < 4.78 is 5.15. The summed E-state index contributed by atoms with van der Waals surface area (Å²) in [5.74, 6) is 0. The quantitative estimate of drug-likeness (QED) is 0.614. The van der Waals surface area contributed by atoms with Crippen LogP contribution in [0.2, 0.25) is 0 Å². The molecule has 0 spiro atoms. The summed E-state index contributed by atoms with van der Waals surface area (Å²) in [5.41, 5.74) is -0.530. The number of carbonyl (C=O) groups excluding carboxylic acids is 1. The van der Waals surface area contributed by atoms with Crippen LogP contribution in [0.4, 0.5) is 4.79 Å². The zero-order valence-corrected chi connectivity index (χ0v) is 9.43. The van der Waals surface area contributed by atoms with Gasteiger partial charge < -0.3 is 19.8 Å². The number of aliphatic hydroxyl groups is 2. The lowest BCUT2D eigenvalue weighted by atomic mass is 10.1. The van der Waals surface area contributed by atoms with E-state index in [9.17, 15) is 15.0 Å². The second-order valence-corrected chi connectivity index (χ2v) is 4.85. The Morgan fingerprint density at radius 3 is 2.40 bits per heavy atom. The van der Waals surface area contributed by atoms with Crippen molar-refractivity contribution >= 4 is 6.09 Å². The highest BCUT2D eigenvalue weighted by atomic mass is 16.6. The van der Waals surface area contributed by atoms with Crippen LogP contribution in [0.25, 0.3) is 0 Å². The number of carbonyl (C=O) groups is 1. The number of aliphatic hydroxyl groups excluding tert-OH is 2. The van der Waals surface area contributed by atoms with Crippen LogP contribution in [0.3, 0.4) is 0 Å². The minimum absolute atomic E-state index is 0.135. The predicted molar refractivity (Wildman–Crippen MR) is 54.4 cm³/mol. The lowest BCUT2D eigenvalue weighted by Gasteiger charge is -2.34. The van der Waals surface area contributed by atoms with Crippen molar-refractivity contribution in [3.8, 4) is 0 Å². The molecule has 1 amide bonds. The number of β-amino-alcohol motifs (C(OH)–C–C–N with tert-alkyl or cyclic N) is 1. The highest BCUT2D eigenvalue weighted by Crippen LogP contribution is 2.15. The molecule has 2 atom stereocenters. The number of amides is 1. The third kappa shape index (κ3) is 3.68. The first-order valence-electron chi connectivity index (χ1n) is 5.13. The van der Waals surface area contributed by atoms with Gasteiger partial charge in [0.25, 0.3) is 0 Å². The van der Waals surface area contributed by atoms with Crippen molar-refractivity contribution in [3.05, 3.63) is 0 Å². The first kappa shape index (κ1) is 12.3. The average molecular weight is 217 g/mol. The molecule has 0 saturated carbocycles. The molecule has 0 radical (unpaired) electrons. The fourth-order valence-electron chi connectivity index (χ4n) is 1.41. The van der Waals surface area contributed by atoms with Gasteiger partial charge in [-0.2, -0.15) is 0 Å². The summed E-state index contributed by atoms with van der Waals surface area (Å²) >= 11 is 0. The van der Waals surface area contributed by atoms with Crippen molar-refractivity contribution in [2.45, 2.75) is 45.0 Å². The van der Waals surface area contributed by atoms with Gasteiger partial charge in [0.05, 0.1) is 18.8 Å². The number of ether oxygens (including phenoxy) is 1. The maximum Gasteiger partial charge on any atom is 0.410 e. The van der Waals surface area contributed by atoms with Crippen molar-refractivity contribution in [1.29, 1.82) is 0 Å². The number of rotatable bonds is 0. The lowest BCUT2D eigenvalue weighted by Crippen LogP contribution is -2.50. The van der Waals surface area contributed by atoms with Gasteiger partial charge in [-0.15, -0.1) is 0 Å². The smallest absolute Gasteiger partial charge is 0.410 e. The Hall–Kier alpha value is -0.810. The van der Waals surface area contributed by atoms with E-state index in [1.54, 1.807) is 20.8 Å². The van der Waals surface area contributed by atoms with E-state index in [0.717, 1.165) is 0 Å². The van der Waals surface area contributed by atoms with Crippen LogP contribution < -0.4 is 0 Å². The molecule has 1 aliphatic heterocycles. The van der Waals surface area contributed by atoms with Gasteiger partial charge in [0, 0.05) is 6.54 Å². The topological polar surface area (TPSA) is 70.0 Å². The summed E-state index contributed by atoms with van der Waals surface area (Å²) in [5, 5.41) is 18.7. The summed E-state index contributed by atoms with van der Waals surface area (Å²) in [7, 11) is 0. The van der Waals surface area contributed by atoms with E-state index in [-0.39, 0.29) is 6.54 Å². The normalized spacial score (nSPS) is 27.7. The third-order valence-electron chi connectivity index (χ3n) is 2.20. The van der Waals surface area contributed by atoms with Crippen LogP contribution in [0, 0.1) is 0 Å². The fourth-order valence-corrected chi connectivity index (χ4v) is 1.41. The molecule has 0 aromatic carbocycles. The molecule has 1 rings (SSSR count). The SMILES string of the molecule is CC(C)(C)OC(=O)N1CCC(O)C(O)C1. The molecule has 2 N–H and O–H groups in total. The molecule has 5 heteroatoms. The van der Waals surface area contributed by atoms with E-state index in [1.807, 2.05) is 0 Å². The first-order valence-corrected chi connectivity index (χ1v) is 5.13. The zero-order chi connectivity index (χ0) is 11.6. The van der Waals surface area contributed by atoms with Gasteiger partial charge in [0.15, 0.2) is 0 Å². The van der Waals surface area contributed by atoms with Crippen molar-refractivity contribution in [1.82, 2.24) is 4.90 Å². The van der Waals surface area contributed by atoms with Crippen LogP contribution in [-0.2, 0) is 4.74 Å². The van der Waals surface area contributed by atoms with Gasteiger partial charge in [-0.25, -0.2) is 4.79 Å². The van der Waals surface area contributed by atoms with Crippen LogP contribution in [0.1, 0.15) is 27.2 Å². The largest absolute Gasteiger partial charge is 0.444 e. The second-order valence-electron chi connectivity index (χ2n) is 4.85. The Balaban J connectivity index is 2.48. The monoisotopic (exact) mass is 217 g/mol. The van der Waals surface area contributed by atoms with E-state index in [0.29, 0.717) is 13.0 Å². The summed E-state index contributed by atoms with van der Waals surface area (Å²) in [6.07, 6.45) is -1.65. The molecular formula is C10H19NO4. The number of hydrogen-bond donors (Lipinski definition) is 2. The summed E-state index contributed by atoms with van der Waals surface area (Å²) in [6.45, 7) is 5.93. The second kappa shape index (κ2) is 4.37. The molecular weight excluding hydrogens is 198 g/mol. The van der Waals surface area contributed by atoms with E-state index in [1.165, 1.54) is 4.90 Å². The molecule has 1 heterocycles.